The number of aromatic nitrogens is 2. The highest BCUT2D eigenvalue weighted by molar-refractivity contribution is 5.97. The van der Waals surface area contributed by atoms with Gasteiger partial charge in [0, 0.05) is 18.5 Å². The van der Waals surface area contributed by atoms with Crippen molar-refractivity contribution in [3.05, 3.63) is 64.6 Å². The molecule has 6 nitrogen and oxygen atoms in total. The van der Waals surface area contributed by atoms with Crippen LogP contribution in [0.25, 0.3) is 5.65 Å². The summed E-state index contributed by atoms with van der Waals surface area (Å²) < 4.78 is 7.37. The minimum atomic E-state index is -0.919. The SMILES string of the molecule is CCOc1cccn2c(C(=O)C[C@@H](CC(=O)O)c3cccc(C)c3C)c(C)nc12. The fraction of sp³-hybridized carbons (Fsp3) is 0.348. The molecule has 0 spiro atoms. The molecule has 0 aliphatic heterocycles. The molecule has 0 saturated carbocycles. The summed E-state index contributed by atoms with van der Waals surface area (Å²) in [6.07, 6.45) is 1.79. The third kappa shape index (κ3) is 4.16. The zero-order valence-electron chi connectivity index (χ0n) is 17.2. The molecular formula is C23H26N2O4. The highest BCUT2D eigenvalue weighted by Gasteiger charge is 2.25. The smallest absolute Gasteiger partial charge is 0.303 e. The number of hydrogen-bond acceptors (Lipinski definition) is 4. The van der Waals surface area contributed by atoms with Gasteiger partial charge in [0.1, 0.15) is 5.69 Å². The van der Waals surface area contributed by atoms with Crippen LogP contribution >= 0.6 is 0 Å². The molecule has 0 fully saturated rings. The molecule has 3 rings (SSSR count). The number of ketones is 1. The maximum atomic E-state index is 13.3. The molecule has 2 heterocycles. The number of aryl methyl sites for hydroxylation is 2. The van der Waals surface area contributed by atoms with Gasteiger partial charge in [-0.2, -0.15) is 0 Å². The van der Waals surface area contributed by atoms with Crippen LogP contribution in [0.5, 0.6) is 5.75 Å². The summed E-state index contributed by atoms with van der Waals surface area (Å²) in [5, 5.41) is 9.43. The number of rotatable bonds is 8. The number of fused-ring (bicyclic) bond motifs is 1. The first-order valence-electron chi connectivity index (χ1n) is 9.75. The Bertz CT molecular complexity index is 1070. The van der Waals surface area contributed by atoms with Crippen LogP contribution in [-0.4, -0.2) is 32.9 Å². The number of carboxylic acid groups (broad SMARTS) is 1. The predicted octanol–water partition coefficient (Wildman–Crippen LogP) is 4.49. The first kappa shape index (κ1) is 20.6. The van der Waals surface area contributed by atoms with Crippen LogP contribution in [0.15, 0.2) is 36.5 Å². The molecule has 2 aromatic heterocycles. The van der Waals surface area contributed by atoms with Gasteiger partial charge in [0.05, 0.1) is 18.7 Å². The zero-order valence-corrected chi connectivity index (χ0v) is 17.2. The molecule has 0 aliphatic rings. The van der Waals surface area contributed by atoms with Crippen LogP contribution in [0.4, 0.5) is 0 Å². The average molecular weight is 394 g/mol. The van der Waals surface area contributed by atoms with Crippen LogP contribution in [0.1, 0.15) is 58.6 Å². The van der Waals surface area contributed by atoms with E-state index in [2.05, 4.69) is 4.98 Å². The van der Waals surface area contributed by atoms with Crippen LogP contribution in [0.3, 0.4) is 0 Å². The molecule has 1 aromatic carbocycles. The molecule has 0 aliphatic carbocycles. The third-order valence-electron chi connectivity index (χ3n) is 5.29. The Morgan fingerprint density at radius 3 is 2.59 bits per heavy atom. The van der Waals surface area contributed by atoms with Crippen molar-refractivity contribution < 1.29 is 19.4 Å². The van der Waals surface area contributed by atoms with Gasteiger partial charge < -0.3 is 9.84 Å². The Hall–Kier alpha value is -3.15. The lowest BCUT2D eigenvalue weighted by molar-refractivity contribution is -0.137. The van der Waals surface area contributed by atoms with Crippen LogP contribution < -0.4 is 4.74 Å². The average Bonchev–Trinajstić information content (AvgIpc) is 3.00. The van der Waals surface area contributed by atoms with E-state index in [4.69, 9.17) is 4.74 Å². The molecule has 3 aromatic rings. The molecule has 6 heteroatoms. The van der Waals surface area contributed by atoms with Gasteiger partial charge in [-0.25, -0.2) is 4.98 Å². The van der Waals surface area contributed by atoms with E-state index in [1.54, 1.807) is 17.5 Å². The summed E-state index contributed by atoms with van der Waals surface area (Å²) in [4.78, 5) is 29.3. The molecular weight excluding hydrogens is 368 g/mol. The Morgan fingerprint density at radius 2 is 1.90 bits per heavy atom. The third-order valence-corrected chi connectivity index (χ3v) is 5.29. The first-order valence-corrected chi connectivity index (χ1v) is 9.75. The molecule has 0 unspecified atom stereocenters. The summed E-state index contributed by atoms with van der Waals surface area (Å²) >= 11 is 0. The van der Waals surface area contributed by atoms with Gasteiger partial charge >= 0.3 is 5.97 Å². The minimum absolute atomic E-state index is 0.101. The summed E-state index contributed by atoms with van der Waals surface area (Å²) in [6, 6.07) is 9.45. The number of ether oxygens (including phenoxy) is 1. The summed E-state index contributed by atoms with van der Waals surface area (Å²) in [6.45, 7) is 8.15. The van der Waals surface area contributed by atoms with Crippen molar-refractivity contribution in [2.24, 2.45) is 0 Å². The summed E-state index contributed by atoms with van der Waals surface area (Å²) in [7, 11) is 0. The van der Waals surface area contributed by atoms with E-state index in [1.165, 1.54) is 0 Å². The number of hydrogen-bond donors (Lipinski definition) is 1. The van der Waals surface area contributed by atoms with Crippen molar-refractivity contribution in [2.75, 3.05) is 6.61 Å². The van der Waals surface area contributed by atoms with Crippen molar-refractivity contribution in [2.45, 2.75) is 46.5 Å². The number of carboxylic acids is 1. The highest BCUT2D eigenvalue weighted by Crippen LogP contribution is 2.31. The van der Waals surface area contributed by atoms with Gasteiger partial charge in [-0.3, -0.25) is 14.0 Å². The van der Waals surface area contributed by atoms with Crippen molar-refractivity contribution in [3.8, 4) is 5.75 Å². The van der Waals surface area contributed by atoms with Crippen molar-refractivity contribution in [1.29, 1.82) is 0 Å². The van der Waals surface area contributed by atoms with Gasteiger partial charge in [0.25, 0.3) is 0 Å². The number of carbonyl (C=O) groups excluding carboxylic acids is 1. The van der Waals surface area contributed by atoms with E-state index in [0.717, 1.165) is 16.7 Å². The number of benzene rings is 1. The van der Waals surface area contributed by atoms with Crippen molar-refractivity contribution in [3.63, 3.8) is 0 Å². The van der Waals surface area contributed by atoms with E-state index < -0.39 is 11.9 Å². The van der Waals surface area contributed by atoms with E-state index in [9.17, 15) is 14.7 Å². The largest absolute Gasteiger partial charge is 0.490 e. The Balaban J connectivity index is 2.00. The van der Waals surface area contributed by atoms with E-state index in [0.29, 0.717) is 29.4 Å². The fourth-order valence-electron chi connectivity index (χ4n) is 3.80. The summed E-state index contributed by atoms with van der Waals surface area (Å²) in [5.74, 6) is -0.832. The van der Waals surface area contributed by atoms with Crippen LogP contribution in [-0.2, 0) is 4.79 Å². The Kier molecular flexibility index (Phi) is 6.01. The second-order valence-corrected chi connectivity index (χ2v) is 7.26. The monoisotopic (exact) mass is 394 g/mol. The lowest BCUT2D eigenvalue weighted by Gasteiger charge is -2.18. The van der Waals surface area contributed by atoms with Gasteiger partial charge in [-0.05, 0) is 56.5 Å². The van der Waals surface area contributed by atoms with Gasteiger partial charge in [-0.15, -0.1) is 0 Å². The molecule has 29 heavy (non-hydrogen) atoms. The van der Waals surface area contributed by atoms with Crippen molar-refractivity contribution in [1.82, 2.24) is 9.38 Å². The van der Waals surface area contributed by atoms with E-state index >= 15 is 0 Å². The highest BCUT2D eigenvalue weighted by atomic mass is 16.5. The minimum Gasteiger partial charge on any atom is -0.490 e. The van der Waals surface area contributed by atoms with Crippen LogP contribution in [0.2, 0.25) is 0 Å². The maximum Gasteiger partial charge on any atom is 0.303 e. The standard InChI is InChI=1S/C23H26N2O4/c1-5-29-20-10-7-11-25-22(16(4)24-23(20)25)19(26)12-17(13-21(27)28)18-9-6-8-14(2)15(18)3/h6-11,17H,5,12-13H2,1-4H3,(H,27,28)/t17-/m0/s1. The summed E-state index contributed by atoms with van der Waals surface area (Å²) in [5.41, 5.74) is 4.69. The first-order chi connectivity index (χ1) is 13.8. The quantitative estimate of drug-likeness (QED) is 0.569. The second kappa shape index (κ2) is 8.47. The second-order valence-electron chi connectivity index (χ2n) is 7.26. The Labute approximate surface area is 170 Å². The van der Waals surface area contributed by atoms with Crippen LogP contribution in [0, 0.1) is 20.8 Å². The maximum absolute atomic E-state index is 13.3. The fourth-order valence-corrected chi connectivity index (χ4v) is 3.80. The van der Waals surface area contributed by atoms with Crippen molar-refractivity contribution >= 4 is 17.4 Å². The molecule has 1 atom stereocenters. The number of pyridine rings is 1. The van der Waals surface area contributed by atoms with E-state index in [-0.39, 0.29) is 18.6 Å². The lowest BCUT2D eigenvalue weighted by Crippen LogP contribution is -2.15. The molecule has 152 valence electrons. The van der Waals surface area contributed by atoms with Gasteiger partial charge in [-0.1, -0.05) is 18.2 Å². The van der Waals surface area contributed by atoms with Gasteiger partial charge in [0.15, 0.2) is 17.2 Å². The number of carbonyl (C=O) groups is 2. The number of Topliss-reactive ketones (excluding diaryl/α,β-unsaturated/α-hetero) is 1. The predicted molar refractivity (Wildman–Crippen MR) is 111 cm³/mol. The number of imidazole rings is 1. The molecule has 0 amide bonds. The molecule has 1 N–H and O–H groups in total. The van der Waals surface area contributed by atoms with E-state index in [1.807, 2.05) is 51.1 Å². The molecule has 0 radical (unpaired) electrons. The molecule has 0 saturated heterocycles. The topological polar surface area (TPSA) is 80.9 Å². The normalized spacial score (nSPS) is 12.1. The van der Waals surface area contributed by atoms with Gasteiger partial charge in [0.2, 0.25) is 0 Å². The molecule has 0 bridgehead atoms. The number of aliphatic carboxylic acids is 1. The Morgan fingerprint density at radius 1 is 1.14 bits per heavy atom. The zero-order chi connectivity index (χ0) is 21.1. The lowest BCUT2D eigenvalue weighted by atomic mass is 9.86. The number of nitrogens with zero attached hydrogens (tertiary/aromatic N) is 2.